The van der Waals surface area contributed by atoms with Gasteiger partial charge in [-0.2, -0.15) is 4.31 Å². The largest absolute Gasteiger partial charge is 0.455 e. The van der Waals surface area contributed by atoms with Gasteiger partial charge >= 0.3 is 5.97 Å². The Morgan fingerprint density at radius 3 is 2.38 bits per heavy atom. The molecule has 0 aromatic heterocycles. The number of esters is 1. The molecule has 0 aliphatic carbocycles. The zero-order valence-electron chi connectivity index (χ0n) is 21.0. The predicted octanol–water partition coefficient (Wildman–Crippen LogP) is 4.19. The number of benzene rings is 3. The lowest BCUT2D eigenvalue weighted by Crippen LogP contribution is -2.42. The molecular weight excluding hydrogens is 488 g/mol. The molecule has 1 amide bonds. The summed E-state index contributed by atoms with van der Waals surface area (Å²) in [7, 11) is -3.85. The minimum absolute atomic E-state index is 0.0241. The third-order valence-electron chi connectivity index (χ3n) is 7.18. The number of hydrogen-bond acceptors (Lipinski definition) is 5. The maximum atomic E-state index is 13.6. The molecule has 8 heteroatoms. The lowest BCUT2D eigenvalue weighted by molar-refractivity contribution is -0.148. The van der Waals surface area contributed by atoms with Gasteiger partial charge in [0.05, 0.1) is 17.4 Å². The van der Waals surface area contributed by atoms with Crippen LogP contribution in [0.3, 0.4) is 0 Å². The van der Waals surface area contributed by atoms with Crippen LogP contribution in [0.5, 0.6) is 0 Å². The monoisotopic (exact) mass is 518 g/mol. The molecule has 2 aliphatic rings. The van der Waals surface area contributed by atoms with Gasteiger partial charge in [0.2, 0.25) is 10.0 Å². The molecule has 3 aromatic rings. The van der Waals surface area contributed by atoms with Crippen molar-refractivity contribution >= 4 is 27.6 Å². The standard InChI is InChI=1S/C29H30N2O5S/c1-20-11-13-24(14-12-20)37(34,35)30-16-15-22-7-3-5-9-25(22)27(30)18-29(33)36-19-28(32)31-21(2)17-23-8-4-6-10-26(23)31/h3-14,21,27H,15-19H2,1-2H3. The average molecular weight is 519 g/mol. The van der Waals surface area contributed by atoms with Crippen LogP contribution < -0.4 is 4.90 Å². The zero-order valence-corrected chi connectivity index (χ0v) is 21.8. The van der Waals surface area contributed by atoms with Gasteiger partial charge < -0.3 is 9.64 Å². The Morgan fingerprint density at radius 2 is 1.62 bits per heavy atom. The lowest BCUT2D eigenvalue weighted by Gasteiger charge is -2.36. The van der Waals surface area contributed by atoms with Crippen LogP contribution in [0.1, 0.15) is 41.6 Å². The van der Waals surface area contributed by atoms with E-state index in [0.717, 1.165) is 34.4 Å². The molecule has 0 N–H and O–H groups in total. The molecule has 0 fully saturated rings. The molecule has 5 rings (SSSR count). The molecule has 0 bridgehead atoms. The second kappa shape index (κ2) is 10.1. The van der Waals surface area contributed by atoms with Gasteiger partial charge in [0.15, 0.2) is 6.61 Å². The van der Waals surface area contributed by atoms with Crippen molar-refractivity contribution in [3.63, 3.8) is 0 Å². The Balaban J connectivity index is 1.34. The summed E-state index contributed by atoms with van der Waals surface area (Å²) in [6.45, 7) is 3.73. The molecule has 3 aromatic carbocycles. The highest BCUT2D eigenvalue weighted by molar-refractivity contribution is 7.89. The molecule has 2 aliphatic heterocycles. The number of anilines is 1. The van der Waals surface area contributed by atoms with E-state index < -0.39 is 28.6 Å². The summed E-state index contributed by atoms with van der Waals surface area (Å²) in [6.07, 6.45) is 1.12. The van der Waals surface area contributed by atoms with Crippen LogP contribution >= 0.6 is 0 Å². The van der Waals surface area contributed by atoms with Gasteiger partial charge in [-0.25, -0.2) is 8.42 Å². The van der Waals surface area contributed by atoms with Gasteiger partial charge in [0.25, 0.3) is 5.91 Å². The maximum absolute atomic E-state index is 13.6. The molecule has 2 atom stereocenters. The number of fused-ring (bicyclic) bond motifs is 2. The quantitative estimate of drug-likeness (QED) is 0.457. The predicted molar refractivity (Wildman–Crippen MR) is 141 cm³/mol. The minimum Gasteiger partial charge on any atom is -0.455 e. The molecule has 7 nitrogen and oxygen atoms in total. The highest BCUT2D eigenvalue weighted by atomic mass is 32.2. The van der Waals surface area contributed by atoms with Gasteiger partial charge in [-0.1, -0.05) is 60.2 Å². The number of hydrogen-bond donors (Lipinski definition) is 0. The number of para-hydroxylation sites is 1. The summed E-state index contributed by atoms with van der Waals surface area (Å²) >= 11 is 0. The second-order valence-electron chi connectivity index (χ2n) is 9.70. The van der Waals surface area contributed by atoms with Crippen LogP contribution in [-0.2, 0) is 37.2 Å². The lowest BCUT2D eigenvalue weighted by atomic mass is 9.92. The topological polar surface area (TPSA) is 84.0 Å². The van der Waals surface area contributed by atoms with Gasteiger partial charge in [0.1, 0.15) is 0 Å². The van der Waals surface area contributed by atoms with E-state index in [-0.39, 0.29) is 29.8 Å². The fraction of sp³-hybridized carbons (Fsp3) is 0.310. The van der Waals surface area contributed by atoms with Crippen LogP contribution in [0.4, 0.5) is 5.69 Å². The van der Waals surface area contributed by atoms with E-state index in [4.69, 9.17) is 4.74 Å². The van der Waals surface area contributed by atoms with E-state index in [1.165, 1.54) is 4.31 Å². The highest BCUT2D eigenvalue weighted by Crippen LogP contribution is 2.37. The molecule has 0 radical (unpaired) electrons. The Bertz CT molecular complexity index is 1430. The summed E-state index contributed by atoms with van der Waals surface area (Å²) in [6, 6.07) is 21.2. The highest BCUT2D eigenvalue weighted by Gasteiger charge is 2.38. The van der Waals surface area contributed by atoms with Gasteiger partial charge in [-0.05, 0) is 61.6 Å². The van der Waals surface area contributed by atoms with Crippen LogP contribution in [0.2, 0.25) is 0 Å². The number of nitrogens with zero attached hydrogens (tertiary/aromatic N) is 2. The fourth-order valence-electron chi connectivity index (χ4n) is 5.35. The Morgan fingerprint density at radius 1 is 0.946 bits per heavy atom. The first-order valence-corrected chi connectivity index (χ1v) is 13.9. The molecule has 37 heavy (non-hydrogen) atoms. The van der Waals surface area contributed by atoms with Crippen molar-refractivity contribution in [2.24, 2.45) is 0 Å². The third-order valence-corrected chi connectivity index (χ3v) is 9.11. The first-order chi connectivity index (χ1) is 17.8. The normalized spacial score (nSPS) is 19.2. The fourth-order valence-corrected chi connectivity index (χ4v) is 6.95. The number of carbonyl (C=O) groups is 2. The van der Waals surface area contributed by atoms with Crippen molar-refractivity contribution in [3.05, 3.63) is 95.1 Å². The zero-order chi connectivity index (χ0) is 26.2. The molecular formula is C29H30N2O5S. The van der Waals surface area contributed by atoms with E-state index in [1.807, 2.05) is 62.4 Å². The van der Waals surface area contributed by atoms with E-state index in [9.17, 15) is 18.0 Å². The molecule has 2 heterocycles. The third kappa shape index (κ3) is 4.91. The molecule has 0 saturated carbocycles. The number of rotatable bonds is 6. The Kier molecular flexibility index (Phi) is 6.88. The molecule has 0 saturated heterocycles. The van der Waals surface area contributed by atoms with Crippen molar-refractivity contribution in [1.29, 1.82) is 0 Å². The Hall–Kier alpha value is -3.49. The summed E-state index contributed by atoms with van der Waals surface area (Å²) < 4.78 is 34.0. The number of ether oxygens (including phenoxy) is 1. The van der Waals surface area contributed by atoms with Gasteiger partial charge in [-0.15, -0.1) is 0 Å². The van der Waals surface area contributed by atoms with E-state index >= 15 is 0 Å². The SMILES string of the molecule is Cc1ccc(S(=O)(=O)N2CCc3ccccc3C2CC(=O)OCC(=O)N2c3ccccc3CC2C)cc1. The van der Waals surface area contributed by atoms with Crippen LogP contribution in [-0.4, -0.2) is 43.8 Å². The van der Waals surface area contributed by atoms with E-state index in [2.05, 4.69) is 0 Å². The van der Waals surface area contributed by atoms with Crippen molar-refractivity contribution in [3.8, 4) is 0 Å². The first-order valence-electron chi connectivity index (χ1n) is 12.5. The summed E-state index contributed by atoms with van der Waals surface area (Å²) in [4.78, 5) is 27.9. The minimum atomic E-state index is -3.85. The van der Waals surface area contributed by atoms with Crippen LogP contribution in [0, 0.1) is 6.92 Å². The van der Waals surface area contributed by atoms with Crippen molar-refractivity contribution < 1.29 is 22.7 Å². The van der Waals surface area contributed by atoms with E-state index in [1.54, 1.807) is 29.2 Å². The van der Waals surface area contributed by atoms with Crippen LogP contribution in [0.15, 0.2) is 77.7 Å². The first kappa shape index (κ1) is 25.2. The van der Waals surface area contributed by atoms with Gasteiger partial charge in [0, 0.05) is 18.3 Å². The summed E-state index contributed by atoms with van der Waals surface area (Å²) in [5.74, 6) is -0.904. The number of sulfonamides is 1. The molecule has 0 spiro atoms. The van der Waals surface area contributed by atoms with Crippen molar-refractivity contribution in [2.75, 3.05) is 18.1 Å². The number of aryl methyl sites for hydroxylation is 1. The maximum Gasteiger partial charge on any atom is 0.308 e. The number of carbonyl (C=O) groups excluding carboxylic acids is 2. The second-order valence-corrected chi connectivity index (χ2v) is 11.6. The summed E-state index contributed by atoms with van der Waals surface area (Å²) in [5, 5.41) is 0. The van der Waals surface area contributed by atoms with Crippen LogP contribution in [0.25, 0.3) is 0 Å². The number of amides is 1. The van der Waals surface area contributed by atoms with E-state index in [0.29, 0.717) is 6.42 Å². The van der Waals surface area contributed by atoms with Crippen molar-refractivity contribution in [2.45, 2.75) is 50.1 Å². The molecule has 192 valence electrons. The van der Waals surface area contributed by atoms with Gasteiger partial charge in [-0.3, -0.25) is 9.59 Å². The van der Waals surface area contributed by atoms with Crippen molar-refractivity contribution in [1.82, 2.24) is 4.31 Å². The molecule has 2 unspecified atom stereocenters. The average Bonchev–Trinajstić information content (AvgIpc) is 3.23. The summed E-state index contributed by atoms with van der Waals surface area (Å²) in [5.41, 5.74) is 4.68. The Labute approximate surface area is 217 Å². The smallest absolute Gasteiger partial charge is 0.308 e.